The molecule has 2 aromatic heterocycles. The molecule has 2 rings (SSSR count). The third kappa shape index (κ3) is 2.65. The van der Waals surface area contributed by atoms with E-state index in [-0.39, 0.29) is 0 Å². The Kier molecular flexibility index (Phi) is 3.77. The van der Waals surface area contributed by atoms with Crippen molar-refractivity contribution < 1.29 is 9.15 Å². The summed E-state index contributed by atoms with van der Waals surface area (Å²) in [5.74, 6) is 2.35. The van der Waals surface area contributed by atoms with E-state index in [2.05, 4.69) is 17.2 Å². The van der Waals surface area contributed by atoms with Gasteiger partial charge in [-0.1, -0.05) is 6.92 Å². The van der Waals surface area contributed by atoms with E-state index < -0.39 is 0 Å². The first kappa shape index (κ1) is 11.7. The van der Waals surface area contributed by atoms with E-state index in [1.165, 1.54) is 0 Å². The van der Waals surface area contributed by atoms with Gasteiger partial charge in [-0.05, 0) is 30.8 Å². The molecule has 0 spiro atoms. The predicted octanol–water partition coefficient (Wildman–Crippen LogP) is 2.46. The number of nitrogens with zero attached hydrogens (tertiary/aromatic N) is 1. The highest BCUT2D eigenvalue weighted by Gasteiger charge is 2.10. The lowest BCUT2D eigenvalue weighted by Crippen LogP contribution is -2.10. The predicted molar refractivity (Wildman–Crippen MR) is 65.9 cm³/mol. The number of rotatable bonds is 5. The molecule has 0 bridgehead atoms. The monoisotopic (exact) mass is 232 g/mol. The number of furan rings is 1. The highest BCUT2D eigenvalue weighted by atomic mass is 16.5. The normalized spacial score (nSPS) is 10.5. The van der Waals surface area contributed by atoms with Crippen molar-refractivity contribution in [2.24, 2.45) is 0 Å². The Labute approximate surface area is 101 Å². The number of nitrogens with one attached hydrogen (secondary N) is 1. The number of hydrogen-bond donors (Lipinski definition) is 1. The van der Waals surface area contributed by atoms with Crippen LogP contribution in [0.4, 0.5) is 0 Å². The Morgan fingerprint density at radius 1 is 1.35 bits per heavy atom. The maximum Gasteiger partial charge on any atom is 0.156 e. The minimum absolute atomic E-state index is 0.719. The summed E-state index contributed by atoms with van der Waals surface area (Å²) in [6.07, 6.45) is 1.73. The smallest absolute Gasteiger partial charge is 0.156 e. The highest BCUT2D eigenvalue weighted by molar-refractivity contribution is 5.60. The van der Waals surface area contributed by atoms with E-state index in [4.69, 9.17) is 9.15 Å². The van der Waals surface area contributed by atoms with Crippen LogP contribution in [-0.4, -0.2) is 18.6 Å². The van der Waals surface area contributed by atoms with Gasteiger partial charge in [0.25, 0.3) is 0 Å². The Balaban J connectivity index is 2.24. The zero-order valence-corrected chi connectivity index (χ0v) is 10.1. The molecule has 0 radical (unpaired) electrons. The maximum absolute atomic E-state index is 5.71. The molecule has 2 aromatic rings. The fourth-order valence-electron chi connectivity index (χ4n) is 1.59. The van der Waals surface area contributed by atoms with E-state index in [1.54, 1.807) is 13.3 Å². The summed E-state index contributed by atoms with van der Waals surface area (Å²) < 4.78 is 11.0. The van der Waals surface area contributed by atoms with Crippen molar-refractivity contribution in [3.63, 3.8) is 0 Å². The first-order chi connectivity index (χ1) is 8.35. The summed E-state index contributed by atoms with van der Waals surface area (Å²) in [5.41, 5.74) is 0.734. The molecule has 0 fully saturated rings. The Bertz CT molecular complexity index is 480. The van der Waals surface area contributed by atoms with Crippen LogP contribution in [0.3, 0.4) is 0 Å². The number of hydrogen-bond acceptors (Lipinski definition) is 4. The second kappa shape index (κ2) is 5.50. The van der Waals surface area contributed by atoms with Crippen LogP contribution >= 0.6 is 0 Å². The average molecular weight is 232 g/mol. The SMILES string of the molecule is CCNCc1ccc(-c2ncccc2OC)o1. The molecule has 0 unspecified atom stereocenters. The zero-order chi connectivity index (χ0) is 12.1. The van der Waals surface area contributed by atoms with E-state index in [0.29, 0.717) is 0 Å². The number of pyridine rings is 1. The zero-order valence-electron chi connectivity index (χ0n) is 10.1. The fourth-order valence-corrected chi connectivity index (χ4v) is 1.59. The first-order valence-electron chi connectivity index (χ1n) is 5.64. The molecular weight excluding hydrogens is 216 g/mol. The van der Waals surface area contributed by atoms with Gasteiger partial charge in [-0.15, -0.1) is 0 Å². The molecule has 90 valence electrons. The van der Waals surface area contributed by atoms with Crippen LogP contribution in [-0.2, 0) is 6.54 Å². The summed E-state index contributed by atoms with van der Waals surface area (Å²) in [4.78, 5) is 4.27. The molecule has 2 heterocycles. The molecule has 0 aromatic carbocycles. The molecule has 0 saturated carbocycles. The van der Waals surface area contributed by atoms with Gasteiger partial charge in [-0.3, -0.25) is 0 Å². The largest absolute Gasteiger partial charge is 0.494 e. The molecule has 0 atom stereocenters. The van der Waals surface area contributed by atoms with Crippen LogP contribution in [0.25, 0.3) is 11.5 Å². The lowest BCUT2D eigenvalue weighted by atomic mass is 10.2. The van der Waals surface area contributed by atoms with Crippen LogP contribution in [0.15, 0.2) is 34.9 Å². The van der Waals surface area contributed by atoms with E-state index >= 15 is 0 Å². The van der Waals surface area contributed by atoms with Crippen molar-refractivity contribution in [3.8, 4) is 17.2 Å². The first-order valence-corrected chi connectivity index (χ1v) is 5.64. The average Bonchev–Trinajstić information content (AvgIpc) is 2.85. The number of ether oxygens (including phenoxy) is 1. The van der Waals surface area contributed by atoms with E-state index in [0.717, 1.165) is 36.1 Å². The van der Waals surface area contributed by atoms with Gasteiger partial charge < -0.3 is 14.5 Å². The third-order valence-electron chi connectivity index (χ3n) is 2.43. The summed E-state index contributed by atoms with van der Waals surface area (Å²) in [6, 6.07) is 7.57. The third-order valence-corrected chi connectivity index (χ3v) is 2.43. The molecule has 0 saturated heterocycles. The van der Waals surface area contributed by atoms with Crippen LogP contribution in [0, 0.1) is 0 Å². The summed E-state index contributed by atoms with van der Waals surface area (Å²) in [6.45, 7) is 3.71. The van der Waals surface area contributed by atoms with Crippen molar-refractivity contribution in [2.45, 2.75) is 13.5 Å². The minimum atomic E-state index is 0.719. The van der Waals surface area contributed by atoms with Crippen LogP contribution in [0.5, 0.6) is 5.75 Å². The molecule has 4 nitrogen and oxygen atoms in total. The molecule has 17 heavy (non-hydrogen) atoms. The Morgan fingerprint density at radius 3 is 3.00 bits per heavy atom. The Morgan fingerprint density at radius 2 is 2.24 bits per heavy atom. The molecule has 0 amide bonds. The van der Waals surface area contributed by atoms with Gasteiger partial charge in [0.15, 0.2) is 5.76 Å². The van der Waals surface area contributed by atoms with Gasteiger partial charge in [0.1, 0.15) is 17.2 Å². The molecule has 4 heteroatoms. The number of aromatic nitrogens is 1. The highest BCUT2D eigenvalue weighted by Crippen LogP contribution is 2.28. The lowest BCUT2D eigenvalue weighted by molar-refractivity contribution is 0.411. The molecular formula is C13H16N2O2. The summed E-state index contributed by atoms with van der Waals surface area (Å²) in [5, 5.41) is 3.21. The van der Waals surface area contributed by atoms with Crippen LogP contribution < -0.4 is 10.1 Å². The van der Waals surface area contributed by atoms with E-state index in [9.17, 15) is 0 Å². The fraction of sp³-hybridized carbons (Fsp3) is 0.308. The molecule has 1 N–H and O–H groups in total. The van der Waals surface area contributed by atoms with Gasteiger partial charge in [-0.25, -0.2) is 4.98 Å². The summed E-state index contributed by atoms with van der Waals surface area (Å²) in [7, 11) is 1.63. The van der Waals surface area contributed by atoms with Gasteiger partial charge in [0.05, 0.1) is 13.7 Å². The van der Waals surface area contributed by atoms with Crippen molar-refractivity contribution in [1.29, 1.82) is 0 Å². The number of methoxy groups -OCH3 is 1. The van der Waals surface area contributed by atoms with Gasteiger partial charge in [0.2, 0.25) is 0 Å². The molecule has 0 aliphatic heterocycles. The Hall–Kier alpha value is -1.81. The van der Waals surface area contributed by atoms with Crippen LogP contribution in [0.1, 0.15) is 12.7 Å². The molecule has 0 aliphatic rings. The van der Waals surface area contributed by atoms with Gasteiger partial charge in [0, 0.05) is 6.20 Å². The lowest BCUT2D eigenvalue weighted by Gasteiger charge is -2.04. The standard InChI is InChI=1S/C13H16N2O2/c1-3-14-9-10-6-7-12(17-10)13-11(16-2)5-4-8-15-13/h4-8,14H,3,9H2,1-2H3. The second-order valence-corrected chi connectivity index (χ2v) is 3.60. The minimum Gasteiger partial charge on any atom is -0.494 e. The molecule has 0 aliphatic carbocycles. The van der Waals surface area contributed by atoms with Crippen molar-refractivity contribution in [1.82, 2.24) is 10.3 Å². The van der Waals surface area contributed by atoms with Gasteiger partial charge >= 0.3 is 0 Å². The topological polar surface area (TPSA) is 47.3 Å². The van der Waals surface area contributed by atoms with Crippen molar-refractivity contribution in [2.75, 3.05) is 13.7 Å². The van der Waals surface area contributed by atoms with Crippen molar-refractivity contribution >= 4 is 0 Å². The second-order valence-electron chi connectivity index (χ2n) is 3.60. The quantitative estimate of drug-likeness (QED) is 0.860. The van der Waals surface area contributed by atoms with Crippen molar-refractivity contribution in [3.05, 3.63) is 36.2 Å². The van der Waals surface area contributed by atoms with Crippen LogP contribution in [0.2, 0.25) is 0 Å². The van der Waals surface area contributed by atoms with E-state index in [1.807, 2.05) is 24.3 Å². The van der Waals surface area contributed by atoms with Gasteiger partial charge in [-0.2, -0.15) is 0 Å². The summed E-state index contributed by atoms with van der Waals surface area (Å²) >= 11 is 0. The maximum atomic E-state index is 5.71.